The van der Waals surface area contributed by atoms with Crippen LogP contribution in [0.5, 0.6) is 0 Å². The summed E-state index contributed by atoms with van der Waals surface area (Å²) in [4.78, 5) is 2.42. The van der Waals surface area contributed by atoms with Gasteiger partial charge in [-0.15, -0.1) is 0 Å². The Morgan fingerprint density at radius 3 is 1.51 bits per heavy atom. The molecule has 3 aromatic heterocycles. The van der Waals surface area contributed by atoms with Gasteiger partial charge in [0.2, 0.25) is 0 Å². The minimum absolute atomic E-state index is 0.272. The van der Waals surface area contributed by atoms with Crippen molar-refractivity contribution in [2.45, 2.75) is 0 Å². The number of hydrogen-bond donors (Lipinski definition) is 0. The van der Waals surface area contributed by atoms with Crippen molar-refractivity contribution >= 4 is 82.6 Å². The van der Waals surface area contributed by atoms with E-state index < -0.39 is 0 Å². The van der Waals surface area contributed by atoms with Crippen LogP contribution in [-0.2, 0) is 0 Å². The smallest absolute Gasteiger partial charge is 0.137 e. The third kappa shape index (κ3) is 4.34. The van der Waals surface area contributed by atoms with Crippen molar-refractivity contribution in [3.05, 3.63) is 188 Å². The highest BCUT2D eigenvalue weighted by molar-refractivity contribution is 6.23. The lowest BCUT2D eigenvalue weighted by Crippen LogP contribution is -2.11. The van der Waals surface area contributed by atoms with E-state index in [1.54, 1.807) is 12.1 Å². The van der Waals surface area contributed by atoms with Crippen LogP contribution in [0.15, 0.2) is 186 Å². The lowest BCUT2D eigenvalue weighted by atomic mass is 10.0. The van der Waals surface area contributed by atoms with Crippen LogP contribution in [-0.4, -0.2) is 9.13 Å². The number of anilines is 3. The number of aromatic nitrogens is 2. The van der Waals surface area contributed by atoms with Crippen LogP contribution in [0.2, 0.25) is 0 Å². The summed E-state index contributed by atoms with van der Waals surface area (Å²) in [5, 5.41) is 6.54. The van der Waals surface area contributed by atoms with Crippen LogP contribution >= 0.6 is 0 Å². The second-order valence-corrected chi connectivity index (χ2v) is 13.4. The summed E-state index contributed by atoms with van der Waals surface area (Å²) in [6.45, 7) is 0. The monoisotopic (exact) mass is 683 g/mol. The van der Waals surface area contributed by atoms with E-state index in [-0.39, 0.29) is 5.82 Å². The van der Waals surface area contributed by atoms with Crippen molar-refractivity contribution in [2.24, 2.45) is 0 Å². The summed E-state index contributed by atoms with van der Waals surface area (Å²) in [7, 11) is 0. The molecule has 0 saturated carbocycles. The molecule has 0 aliphatic rings. The van der Waals surface area contributed by atoms with Crippen LogP contribution in [0, 0.1) is 5.82 Å². The molecule has 0 radical (unpaired) electrons. The number of hydrogen-bond acceptors (Lipinski definition) is 2. The molecule has 4 nitrogen and oxygen atoms in total. The summed E-state index contributed by atoms with van der Waals surface area (Å²) >= 11 is 0. The van der Waals surface area contributed by atoms with E-state index in [0.29, 0.717) is 0 Å². The Morgan fingerprint density at radius 1 is 0.377 bits per heavy atom. The van der Waals surface area contributed by atoms with Gasteiger partial charge in [0.15, 0.2) is 0 Å². The lowest BCUT2D eigenvalue weighted by Gasteiger charge is -2.28. The molecule has 0 N–H and O–H groups in total. The van der Waals surface area contributed by atoms with Crippen molar-refractivity contribution in [2.75, 3.05) is 4.90 Å². The Hall–Kier alpha value is -7.11. The van der Waals surface area contributed by atoms with Gasteiger partial charge in [-0.3, -0.25) is 0 Å². The molecule has 250 valence electrons. The fraction of sp³-hybridized carbons (Fsp3) is 0. The van der Waals surface area contributed by atoms with Gasteiger partial charge in [-0.05, 0) is 84.9 Å². The SMILES string of the molecule is Fc1cccc(-n2c3ccccc3c3c(N(c4cccc5oc6ccccc6c45)c4cccc5c4c4ccccc4n5-c4ccccc4)cccc32)c1. The molecule has 0 bridgehead atoms. The second kappa shape index (κ2) is 11.5. The minimum Gasteiger partial charge on any atom is -0.456 e. The summed E-state index contributed by atoms with van der Waals surface area (Å²) in [6, 6.07) is 62.1. The molecular formula is C48H30FN3O. The third-order valence-corrected chi connectivity index (χ3v) is 10.5. The zero-order chi connectivity index (χ0) is 35.0. The standard InChI is InChI=1S/C48H30FN3O/c49-31-14-10-17-33(30-31)51-38-22-8-5-19-35(38)47-40(51)24-12-26-42(47)52(43-27-13-29-45-48(43)36-20-6-9-28-44(36)53-45)41-25-11-23-39-46(41)34-18-4-7-21-37(34)50(39)32-15-2-1-3-16-32/h1-30H. The molecule has 0 atom stereocenters. The summed E-state index contributed by atoms with van der Waals surface area (Å²) in [5.74, 6) is -0.272. The molecule has 0 saturated heterocycles. The van der Waals surface area contributed by atoms with Crippen LogP contribution in [0.4, 0.5) is 21.5 Å². The van der Waals surface area contributed by atoms with Crippen molar-refractivity contribution < 1.29 is 8.81 Å². The average Bonchev–Trinajstić information content (AvgIpc) is 3.87. The molecular weight excluding hydrogens is 654 g/mol. The Balaban J connectivity index is 1.32. The average molecular weight is 684 g/mol. The first kappa shape index (κ1) is 29.6. The maximum absolute atomic E-state index is 14.8. The van der Waals surface area contributed by atoms with Gasteiger partial charge in [-0.25, -0.2) is 4.39 Å². The maximum atomic E-state index is 14.8. The van der Waals surface area contributed by atoms with Gasteiger partial charge in [-0.2, -0.15) is 0 Å². The second-order valence-electron chi connectivity index (χ2n) is 13.4. The molecule has 0 unspecified atom stereocenters. The van der Waals surface area contributed by atoms with E-state index in [0.717, 1.165) is 94.0 Å². The maximum Gasteiger partial charge on any atom is 0.137 e. The van der Waals surface area contributed by atoms with Gasteiger partial charge in [0.1, 0.15) is 17.0 Å². The Kier molecular flexibility index (Phi) is 6.40. The molecule has 5 heteroatoms. The van der Waals surface area contributed by atoms with Crippen LogP contribution < -0.4 is 4.90 Å². The number of halogens is 1. The number of fused-ring (bicyclic) bond motifs is 9. The van der Waals surface area contributed by atoms with E-state index in [1.165, 1.54) is 6.07 Å². The van der Waals surface area contributed by atoms with Crippen LogP contribution in [0.1, 0.15) is 0 Å². The first-order valence-corrected chi connectivity index (χ1v) is 17.8. The highest BCUT2D eigenvalue weighted by Crippen LogP contribution is 2.50. The van der Waals surface area contributed by atoms with Crippen molar-refractivity contribution in [3.63, 3.8) is 0 Å². The number of nitrogens with zero attached hydrogens (tertiary/aromatic N) is 3. The number of para-hydroxylation sites is 4. The van der Waals surface area contributed by atoms with Crippen LogP contribution in [0.3, 0.4) is 0 Å². The Labute approximate surface area is 303 Å². The minimum atomic E-state index is -0.272. The fourth-order valence-electron chi connectivity index (χ4n) is 8.45. The Bertz CT molecular complexity index is 3210. The summed E-state index contributed by atoms with van der Waals surface area (Å²) in [6.07, 6.45) is 0. The molecule has 3 heterocycles. The fourth-order valence-corrected chi connectivity index (χ4v) is 8.45. The third-order valence-electron chi connectivity index (χ3n) is 10.5. The molecule has 0 aliphatic carbocycles. The highest BCUT2D eigenvalue weighted by atomic mass is 19.1. The predicted octanol–water partition coefficient (Wildman–Crippen LogP) is 13.4. The van der Waals surface area contributed by atoms with Crippen molar-refractivity contribution in [1.82, 2.24) is 9.13 Å². The first-order valence-electron chi connectivity index (χ1n) is 17.8. The van der Waals surface area contributed by atoms with Crippen molar-refractivity contribution in [3.8, 4) is 11.4 Å². The first-order chi connectivity index (χ1) is 26.2. The van der Waals surface area contributed by atoms with E-state index in [9.17, 15) is 4.39 Å². The van der Waals surface area contributed by atoms with Crippen molar-refractivity contribution in [1.29, 1.82) is 0 Å². The number of benzene rings is 8. The van der Waals surface area contributed by atoms with Gasteiger partial charge < -0.3 is 18.5 Å². The van der Waals surface area contributed by atoms with Gasteiger partial charge in [0.25, 0.3) is 0 Å². The summed E-state index contributed by atoms with van der Waals surface area (Å²) in [5.41, 5.74) is 10.8. The molecule has 0 fully saturated rings. The van der Waals surface area contributed by atoms with Gasteiger partial charge >= 0.3 is 0 Å². The molecule has 0 aliphatic heterocycles. The van der Waals surface area contributed by atoms with E-state index in [1.807, 2.05) is 24.3 Å². The molecule has 11 aromatic rings. The quantitative estimate of drug-likeness (QED) is 0.180. The van der Waals surface area contributed by atoms with Gasteiger partial charge in [-0.1, -0.05) is 97.1 Å². The topological polar surface area (TPSA) is 26.2 Å². The van der Waals surface area contributed by atoms with E-state index in [4.69, 9.17) is 4.42 Å². The molecule has 0 amide bonds. The zero-order valence-electron chi connectivity index (χ0n) is 28.4. The summed E-state index contributed by atoms with van der Waals surface area (Å²) < 4.78 is 25.8. The predicted molar refractivity (Wildman–Crippen MR) is 217 cm³/mol. The van der Waals surface area contributed by atoms with Gasteiger partial charge in [0.05, 0.1) is 44.5 Å². The molecule has 0 spiro atoms. The van der Waals surface area contributed by atoms with E-state index in [2.05, 4.69) is 154 Å². The normalized spacial score (nSPS) is 11.9. The van der Waals surface area contributed by atoms with E-state index >= 15 is 0 Å². The Morgan fingerprint density at radius 2 is 0.849 bits per heavy atom. The highest BCUT2D eigenvalue weighted by Gasteiger charge is 2.27. The molecule has 8 aromatic carbocycles. The molecule has 53 heavy (non-hydrogen) atoms. The van der Waals surface area contributed by atoms with Crippen LogP contribution in [0.25, 0.3) is 76.9 Å². The number of rotatable bonds is 5. The lowest BCUT2D eigenvalue weighted by molar-refractivity contribution is 0.627. The number of furan rings is 1. The zero-order valence-corrected chi connectivity index (χ0v) is 28.4. The molecule has 11 rings (SSSR count). The largest absolute Gasteiger partial charge is 0.456 e. The van der Waals surface area contributed by atoms with Gasteiger partial charge in [0, 0.05) is 38.3 Å².